The van der Waals surface area contributed by atoms with Crippen LogP contribution in [-0.4, -0.2) is 30.0 Å². The molecule has 1 aromatic rings. The Bertz CT molecular complexity index is 511. The zero-order valence-electron chi connectivity index (χ0n) is 14.5. The summed E-state index contributed by atoms with van der Waals surface area (Å²) in [5.74, 6) is 0. The number of alkyl carbamates (subject to hydrolysis) is 1. The van der Waals surface area contributed by atoms with Gasteiger partial charge in [0.1, 0.15) is 5.60 Å². The molecule has 2 rings (SSSR count). The van der Waals surface area contributed by atoms with Crippen molar-refractivity contribution in [1.82, 2.24) is 5.32 Å². The quantitative estimate of drug-likeness (QED) is 0.785. The van der Waals surface area contributed by atoms with Gasteiger partial charge in [0.2, 0.25) is 0 Å². The zero-order chi connectivity index (χ0) is 16.9. The second-order valence-corrected chi connectivity index (χ2v) is 7.96. The van der Waals surface area contributed by atoms with Crippen molar-refractivity contribution in [2.75, 3.05) is 11.6 Å². The van der Waals surface area contributed by atoms with Crippen LogP contribution in [-0.2, 0) is 4.74 Å². The number of nitrogens with one attached hydrogen (secondary N) is 2. The Labute approximate surface area is 143 Å². The summed E-state index contributed by atoms with van der Waals surface area (Å²) in [6, 6.07) is 9.08. The average molecular weight is 337 g/mol. The molecular weight excluding hydrogens is 308 g/mol. The number of ether oxygens (including phenoxy) is 1. The van der Waals surface area contributed by atoms with Gasteiger partial charge in [-0.15, -0.1) is 11.8 Å². The summed E-state index contributed by atoms with van der Waals surface area (Å²) in [5.41, 5.74) is 0.695. The fourth-order valence-corrected chi connectivity index (χ4v) is 3.26. The van der Waals surface area contributed by atoms with Crippen molar-refractivity contribution in [1.29, 1.82) is 0 Å². The first-order chi connectivity index (χ1) is 10.9. The molecule has 1 aliphatic carbocycles. The third kappa shape index (κ3) is 6.34. The maximum absolute atomic E-state index is 11.9. The number of rotatable bonds is 4. The van der Waals surface area contributed by atoms with E-state index in [1.165, 1.54) is 4.90 Å². The maximum atomic E-state index is 11.9. The van der Waals surface area contributed by atoms with Crippen LogP contribution in [0.15, 0.2) is 29.2 Å². The lowest BCUT2D eigenvalue weighted by Crippen LogP contribution is -2.43. The molecule has 2 atom stereocenters. The van der Waals surface area contributed by atoms with Crippen molar-refractivity contribution in [2.45, 2.75) is 69.0 Å². The number of thioether (sulfide) groups is 1. The van der Waals surface area contributed by atoms with Crippen molar-refractivity contribution < 1.29 is 9.53 Å². The monoisotopic (exact) mass is 336 g/mol. The van der Waals surface area contributed by atoms with E-state index < -0.39 is 5.60 Å². The van der Waals surface area contributed by atoms with Crippen LogP contribution in [0.3, 0.4) is 0 Å². The molecule has 1 fully saturated rings. The van der Waals surface area contributed by atoms with Crippen molar-refractivity contribution in [3.05, 3.63) is 24.3 Å². The smallest absolute Gasteiger partial charge is 0.407 e. The topological polar surface area (TPSA) is 50.4 Å². The lowest BCUT2D eigenvalue weighted by molar-refractivity contribution is 0.0492. The van der Waals surface area contributed by atoms with E-state index >= 15 is 0 Å². The van der Waals surface area contributed by atoms with Crippen LogP contribution in [0.4, 0.5) is 10.5 Å². The van der Waals surface area contributed by atoms with Gasteiger partial charge in [-0.1, -0.05) is 0 Å². The van der Waals surface area contributed by atoms with Crippen molar-refractivity contribution in [2.24, 2.45) is 0 Å². The van der Waals surface area contributed by atoms with Crippen molar-refractivity contribution in [3.63, 3.8) is 0 Å². The van der Waals surface area contributed by atoms with Gasteiger partial charge in [0.05, 0.1) is 0 Å². The zero-order valence-corrected chi connectivity index (χ0v) is 15.3. The molecule has 0 heterocycles. The minimum Gasteiger partial charge on any atom is -0.444 e. The Hall–Kier alpha value is -1.36. The van der Waals surface area contributed by atoms with E-state index in [2.05, 4.69) is 41.2 Å². The van der Waals surface area contributed by atoms with E-state index in [1.54, 1.807) is 11.8 Å². The highest BCUT2D eigenvalue weighted by Gasteiger charge is 2.25. The largest absolute Gasteiger partial charge is 0.444 e. The molecule has 1 amide bonds. The number of carbonyl (C=O) groups excluding carboxylic acids is 1. The predicted molar refractivity (Wildman–Crippen MR) is 97.3 cm³/mol. The number of anilines is 1. The highest BCUT2D eigenvalue weighted by atomic mass is 32.2. The molecule has 0 saturated heterocycles. The summed E-state index contributed by atoms with van der Waals surface area (Å²) in [5, 5.41) is 6.59. The molecule has 2 N–H and O–H groups in total. The minimum atomic E-state index is -0.449. The van der Waals surface area contributed by atoms with Crippen molar-refractivity contribution >= 4 is 23.5 Å². The van der Waals surface area contributed by atoms with Gasteiger partial charge in [-0.3, -0.25) is 0 Å². The molecule has 0 spiro atoms. The molecule has 128 valence electrons. The summed E-state index contributed by atoms with van der Waals surface area (Å²) in [6.45, 7) is 5.65. The Kier molecular flexibility index (Phi) is 6.22. The summed E-state index contributed by atoms with van der Waals surface area (Å²) >= 11 is 1.75. The van der Waals surface area contributed by atoms with E-state index in [-0.39, 0.29) is 12.1 Å². The first kappa shape index (κ1) is 18.0. The molecule has 23 heavy (non-hydrogen) atoms. The molecule has 1 saturated carbocycles. The van der Waals surface area contributed by atoms with Gasteiger partial charge in [0.15, 0.2) is 0 Å². The summed E-state index contributed by atoms with van der Waals surface area (Å²) < 4.78 is 5.35. The van der Waals surface area contributed by atoms with Gasteiger partial charge < -0.3 is 15.4 Å². The van der Waals surface area contributed by atoms with Gasteiger partial charge in [0.25, 0.3) is 0 Å². The van der Waals surface area contributed by atoms with Crippen LogP contribution >= 0.6 is 11.8 Å². The number of carbonyl (C=O) groups is 1. The Morgan fingerprint density at radius 1 is 1.17 bits per heavy atom. The molecule has 5 heteroatoms. The third-order valence-electron chi connectivity index (χ3n) is 3.86. The fraction of sp³-hybridized carbons (Fsp3) is 0.611. The first-order valence-electron chi connectivity index (χ1n) is 8.26. The van der Waals surface area contributed by atoms with Crippen LogP contribution in [0.5, 0.6) is 0 Å². The van der Waals surface area contributed by atoms with Crippen molar-refractivity contribution in [3.8, 4) is 0 Å². The van der Waals surface area contributed by atoms with Gasteiger partial charge in [-0.05, 0) is 77.0 Å². The molecule has 2 unspecified atom stereocenters. The Balaban J connectivity index is 1.84. The number of hydrogen-bond donors (Lipinski definition) is 2. The molecule has 1 aromatic carbocycles. The first-order valence-corrected chi connectivity index (χ1v) is 9.48. The second-order valence-electron chi connectivity index (χ2n) is 7.08. The maximum Gasteiger partial charge on any atom is 0.407 e. The van der Waals surface area contributed by atoms with Gasteiger partial charge in [-0.2, -0.15) is 0 Å². The number of amides is 1. The molecule has 0 radical (unpaired) electrons. The van der Waals surface area contributed by atoms with E-state index in [4.69, 9.17) is 4.74 Å². The molecule has 1 aliphatic rings. The third-order valence-corrected chi connectivity index (χ3v) is 4.60. The molecule has 0 bridgehead atoms. The SMILES string of the molecule is CSc1ccc(NC2CCCC(NC(=O)OC(C)(C)C)C2)cc1. The van der Waals surface area contributed by atoms with Crippen LogP contribution < -0.4 is 10.6 Å². The fourth-order valence-electron chi connectivity index (χ4n) is 2.85. The molecule has 0 aliphatic heterocycles. The Morgan fingerprint density at radius 3 is 2.43 bits per heavy atom. The summed E-state index contributed by atoms with van der Waals surface area (Å²) in [7, 11) is 0. The molecule has 0 aromatic heterocycles. The highest BCUT2D eigenvalue weighted by Crippen LogP contribution is 2.24. The highest BCUT2D eigenvalue weighted by molar-refractivity contribution is 7.98. The lowest BCUT2D eigenvalue weighted by Gasteiger charge is -2.31. The molecular formula is C18H28N2O2S. The van der Waals surface area contributed by atoms with Gasteiger partial charge in [0, 0.05) is 22.7 Å². The lowest BCUT2D eigenvalue weighted by atomic mass is 9.91. The summed E-state index contributed by atoms with van der Waals surface area (Å²) in [4.78, 5) is 13.2. The normalized spacial score (nSPS) is 21.6. The average Bonchev–Trinajstić information content (AvgIpc) is 2.46. The van der Waals surface area contributed by atoms with E-state index in [1.807, 2.05) is 20.8 Å². The van der Waals surface area contributed by atoms with E-state index in [0.717, 1.165) is 31.4 Å². The van der Waals surface area contributed by atoms with Crippen LogP contribution in [0, 0.1) is 0 Å². The molecule has 4 nitrogen and oxygen atoms in total. The van der Waals surface area contributed by atoms with E-state index in [9.17, 15) is 4.79 Å². The van der Waals surface area contributed by atoms with Crippen LogP contribution in [0.25, 0.3) is 0 Å². The van der Waals surface area contributed by atoms with Gasteiger partial charge >= 0.3 is 6.09 Å². The Morgan fingerprint density at radius 2 is 1.83 bits per heavy atom. The standard InChI is InChI=1S/C18H28N2O2S/c1-18(2,3)22-17(21)20-15-7-5-6-14(12-15)19-13-8-10-16(23-4)11-9-13/h8-11,14-15,19H,5-7,12H2,1-4H3,(H,20,21). The second kappa shape index (κ2) is 7.95. The predicted octanol–water partition coefficient (Wildman–Crippen LogP) is 4.66. The van der Waals surface area contributed by atoms with Gasteiger partial charge in [-0.25, -0.2) is 4.79 Å². The summed E-state index contributed by atoms with van der Waals surface area (Å²) in [6.07, 6.45) is 5.97. The van der Waals surface area contributed by atoms with Crippen LogP contribution in [0.1, 0.15) is 46.5 Å². The number of hydrogen-bond acceptors (Lipinski definition) is 4. The van der Waals surface area contributed by atoms with E-state index in [0.29, 0.717) is 6.04 Å². The minimum absolute atomic E-state index is 0.182. The van der Waals surface area contributed by atoms with Crippen LogP contribution in [0.2, 0.25) is 0 Å². The number of benzene rings is 1.